The van der Waals surface area contributed by atoms with Crippen LogP contribution in [0, 0.1) is 11.3 Å². The zero-order valence-corrected chi connectivity index (χ0v) is 14.5. The maximum absolute atomic E-state index is 5.68. The Morgan fingerprint density at radius 3 is 2.67 bits per heavy atom. The lowest BCUT2D eigenvalue weighted by Crippen LogP contribution is -2.53. The molecule has 0 amide bonds. The predicted molar refractivity (Wildman–Crippen MR) is 89.7 cm³/mol. The zero-order chi connectivity index (χ0) is 15.1. The molecule has 1 saturated heterocycles. The highest BCUT2D eigenvalue weighted by atomic mass is 16.5. The van der Waals surface area contributed by atoms with E-state index in [1.54, 1.807) is 0 Å². The predicted octanol–water partition coefficient (Wildman–Crippen LogP) is 3.29. The first-order valence-corrected chi connectivity index (χ1v) is 9.18. The fraction of sp³-hybridized carbons (Fsp3) is 1.00. The average molecular weight is 296 g/mol. The van der Waals surface area contributed by atoms with Crippen molar-refractivity contribution < 1.29 is 4.74 Å². The molecule has 1 heterocycles. The molecule has 1 aliphatic heterocycles. The van der Waals surface area contributed by atoms with Crippen LogP contribution in [-0.4, -0.2) is 50.3 Å². The average Bonchev–Trinajstić information content (AvgIpc) is 2.48. The van der Waals surface area contributed by atoms with E-state index in [9.17, 15) is 0 Å². The van der Waals surface area contributed by atoms with Crippen molar-refractivity contribution in [1.82, 2.24) is 10.2 Å². The molecule has 1 unspecified atom stereocenters. The van der Waals surface area contributed by atoms with E-state index in [0.717, 1.165) is 32.2 Å². The zero-order valence-electron chi connectivity index (χ0n) is 14.5. The van der Waals surface area contributed by atoms with Crippen LogP contribution in [-0.2, 0) is 4.74 Å². The van der Waals surface area contributed by atoms with Crippen LogP contribution in [0.1, 0.15) is 59.3 Å². The number of morpholine rings is 1. The summed E-state index contributed by atoms with van der Waals surface area (Å²) in [5.41, 5.74) is 0.512. The van der Waals surface area contributed by atoms with Gasteiger partial charge in [0.05, 0.1) is 13.2 Å². The fourth-order valence-corrected chi connectivity index (χ4v) is 4.02. The van der Waals surface area contributed by atoms with E-state index >= 15 is 0 Å². The van der Waals surface area contributed by atoms with Gasteiger partial charge in [-0.3, -0.25) is 4.90 Å². The minimum absolute atomic E-state index is 0.512. The fourth-order valence-electron chi connectivity index (χ4n) is 4.02. The lowest BCUT2D eigenvalue weighted by molar-refractivity contribution is -0.0342. The van der Waals surface area contributed by atoms with Crippen molar-refractivity contribution in [3.05, 3.63) is 0 Å². The summed E-state index contributed by atoms with van der Waals surface area (Å²) in [6.45, 7) is 13.5. The SMILES string of the molecule is CCC1COCCN1CC1(CNCC(C)C)CCCCC1. The first-order chi connectivity index (χ1) is 10.2. The van der Waals surface area contributed by atoms with Crippen molar-refractivity contribution in [2.75, 3.05) is 39.4 Å². The number of hydrogen-bond donors (Lipinski definition) is 1. The molecule has 0 aromatic rings. The molecule has 1 saturated carbocycles. The summed E-state index contributed by atoms with van der Waals surface area (Å²) in [6.07, 6.45) is 8.31. The molecule has 0 spiro atoms. The molecule has 0 aromatic heterocycles. The van der Waals surface area contributed by atoms with Crippen LogP contribution in [0.2, 0.25) is 0 Å². The molecule has 2 aliphatic rings. The Morgan fingerprint density at radius 1 is 1.24 bits per heavy atom. The van der Waals surface area contributed by atoms with Gasteiger partial charge in [-0.15, -0.1) is 0 Å². The van der Waals surface area contributed by atoms with E-state index in [4.69, 9.17) is 4.74 Å². The van der Waals surface area contributed by atoms with Crippen LogP contribution in [0.4, 0.5) is 0 Å². The molecular weight excluding hydrogens is 260 g/mol. The largest absolute Gasteiger partial charge is 0.378 e. The molecule has 21 heavy (non-hydrogen) atoms. The maximum Gasteiger partial charge on any atom is 0.0622 e. The third kappa shape index (κ3) is 5.22. The van der Waals surface area contributed by atoms with Gasteiger partial charge in [-0.25, -0.2) is 0 Å². The van der Waals surface area contributed by atoms with Gasteiger partial charge in [0.25, 0.3) is 0 Å². The molecule has 2 rings (SSSR count). The molecule has 3 heteroatoms. The van der Waals surface area contributed by atoms with Gasteiger partial charge in [-0.05, 0) is 37.1 Å². The summed E-state index contributed by atoms with van der Waals surface area (Å²) in [7, 11) is 0. The third-order valence-electron chi connectivity index (χ3n) is 5.33. The second kappa shape index (κ2) is 8.50. The Hall–Kier alpha value is -0.120. The van der Waals surface area contributed by atoms with Crippen molar-refractivity contribution in [1.29, 1.82) is 0 Å². The van der Waals surface area contributed by atoms with Crippen LogP contribution in [0.15, 0.2) is 0 Å². The summed E-state index contributed by atoms with van der Waals surface area (Å²) >= 11 is 0. The van der Waals surface area contributed by atoms with Gasteiger partial charge < -0.3 is 10.1 Å². The van der Waals surface area contributed by atoms with Crippen molar-refractivity contribution in [3.8, 4) is 0 Å². The van der Waals surface area contributed by atoms with Crippen LogP contribution in [0.5, 0.6) is 0 Å². The van der Waals surface area contributed by atoms with Crippen LogP contribution >= 0.6 is 0 Å². The first kappa shape index (κ1) is 17.2. The van der Waals surface area contributed by atoms with Gasteiger partial charge in [0.15, 0.2) is 0 Å². The molecule has 0 bridgehead atoms. The molecule has 2 fully saturated rings. The highest BCUT2D eigenvalue weighted by Crippen LogP contribution is 2.37. The summed E-state index contributed by atoms with van der Waals surface area (Å²) in [5, 5.41) is 3.76. The van der Waals surface area contributed by atoms with E-state index in [2.05, 4.69) is 31.0 Å². The Balaban J connectivity index is 1.94. The molecule has 1 atom stereocenters. The van der Waals surface area contributed by atoms with E-state index in [0.29, 0.717) is 11.5 Å². The number of nitrogens with zero attached hydrogens (tertiary/aromatic N) is 1. The highest BCUT2D eigenvalue weighted by molar-refractivity contribution is 4.90. The van der Waals surface area contributed by atoms with Crippen molar-refractivity contribution >= 4 is 0 Å². The van der Waals surface area contributed by atoms with E-state index < -0.39 is 0 Å². The van der Waals surface area contributed by atoms with E-state index in [1.807, 2.05) is 0 Å². The Morgan fingerprint density at radius 2 is 2.00 bits per heavy atom. The Kier molecular flexibility index (Phi) is 6.97. The summed E-state index contributed by atoms with van der Waals surface area (Å²) in [4.78, 5) is 2.73. The molecule has 0 aromatic carbocycles. The molecule has 3 nitrogen and oxygen atoms in total. The van der Waals surface area contributed by atoms with Gasteiger partial charge in [0, 0.05) is 25.7 Å². The van der Waals surface area contributed by atoms with Crippen molar-refractivity contribution in [2.24, 2.45) is 11.3 Å². The maximum atomic E-state index is 5.68. The van der Waals surface area contributed by atoms with Gasteiger partial charge in [-0.1, -0.05) is 40.0 Å². The lowest BCUT2D eigenvalue weighted by atomic mass is 9.73. The minimum atomic E-state index is 0.512. The number of ether oxygens (including phenoxy) is 1. The number of rotatable bonds is 7. The normalized spacial score (nSPS) is 27.1. The van der Waals surface area contributed by atoms with Gasteiger partial charge in [-0.2, -0.15) is 0 Å². The van der Waals surface area contributed by atoms with Crippen LogP contribution in [0.3, 0.4) is 0 Å². The van der Waals surface area contributed by atoms with Gasteiger partial charge in [0.1, 0.15) is 0 Å². The number of hydrogen-bond acceptors (Lipinski definition) is 3. The summed E-state index contributed by atoms with van der Waals surface area (Å²) in [5.74, 6) is 0.748. The Labute approximate surface area is 131 Å². The first-order valence-electron chi connectivity index (χ1n) is 9.18. The summed E-state index contributed by atoms with van der Waals surface area (Å²) in [6, 6.07) is 0.641. The van der Waals surface area contributed by atoms with Crippen molar-refractivity contribution in [2.45, 2.75) is 65.3 Å². The minimum Gasteiger partial charge on any atom is -0.378 e. The molecular formula is C18H36N2O. The third-order valence-corrected chi connectivity index (χ3v) is 5.33. The lowest BCUT2D eigenvalue weighted by Gasteiger charge is -2.45. The smallest absolute Gasteiger partial charge is 0.0622 e. The highest BCUT2D eigenvalue weighted by Gasteiger charge is 2.36. The monoisotopic (exact) mass is 296 g/mol. The topological polar surface area (TPSA) is 24.5 Å². The second-order valence-corrected chi connectivity index (χ2v) is 7.69. The van der Waals surface area contributed by atoms with Crippen LogP contribution in [0.25, 0.3) is 0 Å². The summed E-state index contributed by atoms with van der Waals surface area (Å²) < 4.78 is 5.68. The number of nitrogens with one attached hydrogen (secondary N) is 1. The molecule has 1 N–H and O–H groups in total. The standard InChI is InChI=1S/C18H36N2O/c1-4-17-13-21-11-10-20(17)15-18(8-6-5-7-9-18)14-19-12-16(2)3/h16-17,19H,4-15H2,1-3H3. The quantitative estimate of drug-likeness (QED) is 0.780. The van der Waals surface area contributed by atoms with E-state index in [-0.39, 0.29) is 0 Å². The van der Waals surface area contributed by atoms with Crippen molar-refractivity contribution in [3.63, 3.8) is 0 Å². The molecule has 0 radical (unpaired) electrons. The molecule has 124 valence electrons. The van der Waals surface area contributed by atoms with Gasteiger partial charge >= 0.3 is 0 Å². The van der Waals surface area contributed by atoms with Gasteiger partial charge in [0.2, 0.25) is 0 Å². The Bertz CT molecular complexity index is 287. The second-order valence-electron chi connectivity index (χ2n) is 7.69. The van der Waals surface area contributed by atoms with E-state index in [1.165, 1.54) is 51.6 Å². The van der Waals surface area contributed by atoms with Crippen LogP contribution < -0.4 is 5.32 Å². The molecule has 1 aliphatic carbocycles.